The van der Waals surface area contributed by atoms with Gasteiger partial charge >= 0.3 is 0 Å². The Morgan fingerprint density at radius 1 is 0.565 bits per heavy atom. The standard InChI is InChI=1S/C56H40N6/c1-5-17-37(7-3)59-47-23-13-9-19-39(47)43-30-55-45(28-53(43)59)41-21-11-15-25-49(41)61(55)51-32-52(36(34-58)27-35(51)33-57)62-50-26-16-12-22-42(50)46-29-54-44(31-56(46)62)40-20-10-14-24-48(40)60(54)38(8-4)18-6-2/h5-32,35,51H,1,3H2,2,4H3/b18-6-,37-17+,38-8+. The summed E-state index contributed by atoms with van der Waals surface area (Å²) in [5.41, 5.74) is 11.7. The van der Waals surface area contributed by atoms with Gasteiger partial charge in [0.05, 0.1) is 67.9 Å². The van der Waals surface area contributed by atoms with E-state index in [9.17, 15) is 10.5 Å². The lowest BCUT2D eigenvalue weighted by atomic mass is 9.90. The number of hydrogen-bond acceptors (Lipinski definition) is 2. The summed E-state index contributed by atoms with van der Waals surface area (Å²) >= 11 is 0. The van der Waals surface area contributed by atoms with Crippen LogP contribution in [0.25, 0.3) is 104 Å². The average molecular weight is 797 g/mol. The maximum absolute atomic E-state index is 11.0. The molecule has 11 rings (SSSR count). The summed E-state index contributed by atoms with van der Waals surface area (Å²) in [7, 11) is 0. The fourth-order valence-corrected chi connectivity index (χ4v) is 10.2. The second-order valence-corrected chi connectivity index (χ2v) is 15.9. The average Bonchev–Trinajstić information content (AvgIpc) is 4.02. The lowest BCUT2D eigenvalue weighted by molar-refractivity contribution is 0.558. The van der Waals surface area contributed by atoms with E-state index in [0.717, 1.165) is 104 Å². The number of hydrogen-bond donors (Lipinski definition) is 0. The molecule has 0 amide bonds. The first-order valence-corrected chi connectivity index (χ1v) is 20.9. The minimum absolute atomic E-state index is 0.440. The Morgan fingerprint density at radius 2 is 1.06 bits per heavy atom. The highest BCUT2D eigenvalue weighted by molar-refractivity contribution is 6.21. The lowest BCUT2D eigenvalue weighted by Crippen LogP contribution is -2.20. The largest absolute Gasteiger partial charge is 0.332 e. The van der Waals surface area contributed by atoms with Crippen LogP contribution in [0, 0.1) is 28.6 Å². The Bertz CT molecular complexity index is 3850. The topological polar surface area (TPSA) is 67.3 Å². The van der Waals surface area contributed by atoms with Crippen LogP contribution in [0.1, 0.15) is 19.9 Å². The van der Waals surface area contributed by atoms with Crippen LogP contribution in [0.2, 0.25) is 0 Å². The van der Waals surface area contributed by atoms with Gasteiger partial charge in [-0.1, -0.05) is 104 Å². The number of para-hydroxylation sites is 4. The normalized spacial score (nSPS) is 16.3. The first kappa shape index (κ1) is 36.7. The molecule has 0 fully saturated rings. The molecule has 62 heavy (non-hydrogen) atoms. The molecule has 0 radical (unpaired) electrons. The maximum Gasteiger partial charge on any atom is 0.101 e. The monoisotopic (exact) mass is 796 g/mol. The van der Waals surface area contributed by atoms with Gasteiger partial charge in [0.1, 0.15) is 6.07 Å². The molecular weight excluding hydrogens is 757 g/mol. The van der Waals surface area contributed by atoms with Gasteiger partial charge in [-0.15, -0.1) is 0 Å². The quantitative estimate of drug-likeness (QED) is 0.151. The molecule has 0 saturated carbocycles. The van der Waals surface area contributed by atoms with E-state index < -0.39 is 12.0 Å². The molecular formula is C56H40N6. The van der Waals surface area contributed by atoms with Crippen molar-refractivity contribution in [3.63, 3.8) is 0 Å². The molecule has 6 nitrogen and oxygen atoms in total. The first-order valence-electron chi connectivity index (χ1n) is 20.9. The molecule has 4 aromatic heterocycles. The summed E-state index contributed by atoms with van der Waals surface area (Å²) < 4.78 is 9.16. The highest BCUT2D eigenvalue weighted by Gasteiger charge is 2.32. The van der Waals surface area contributed by atoms with Gasteiger partial charge in [-0.25, -0.2) is 0 Å². The van der Waals surface area contributed by atoms with Gasteiger partial charge < -0.3 is 18.3 Å². The molecule has 0 saturated heterocycles. The van der Waals surface area contributed by atoms with Crippen molar-refractivity contribution in [1.29, 1.82) is 10.5 Å². The Kier molecular flexibility index (Phi) is 8.39. The second kappa shape index (κ2) is 14.2. The molecule has 1 aliphatic carbocycles. The van der Waals surface area contributed by atoms with Gasteiger partial charge in [0.15, 0.2) is 0 Å². The fourth-order valence-electron chi connectivity index (χ4n) is 10.2. The fraction of sp³-hybridized carbons (Fsp3) is 0.0714. The third-order valence-electron chi connectivity index (χ3n) is 12.7. The number of rotatable bonds is 7. The summed E-state index contributed by atoms with van der Waals surface area (Å²) in [6.45, 7) is 12.3. The van der Waals surface area contributed by atoms with Gasteiger partial charge in [0.25, 0.3) is 0 Å². The van der Waals surface area contributed by atoms with E-state index in [1.807, 2.05) is 25.2 Å². The minimum Gasteiger partial charge on any atom is -0.332 e. The summed E-state index contributed by atoms with van der Waals surface area (Å²) in [4.78, 5) is 0. The number of allylic oxidation sites excluding steroid dienone is 12. The Morgan fingerprint density at radius 3 is 1.63 bits per heavy atom. The van der Waals surface area contributed by atoms with E-state index in [2.05, 4.69) is 196 Å². The maximum atomic E-state index is 11.0. The molecule has 0 spiro atoms. The summed E-state index contributed by atoms with van der Waals surface area (Å²) in [6.07, 6.45) is 16.1. The Hall–Kier alpha value is -8.32. The number of fused-ring (bicyclic) bond motifs is 12. The van der Waals surface area contributed by atoms with Crippen LogP contribution in [0.5, 0.6) is 0 Å². The third kappa shape index (κ3) is 5.08. The zero-order chi connectivity index (χ0) is 42.2. The highest BCUT2D eigenvalue weighted by atomic mass is 15.1. The predicted molar refractivity (Wildman–Crippen MR) is 260 cm³/mol. The number of benzene rings is 6. The van der Waals surface area contributed by atoms with Crippen molar-refractivity contribution in [3.05, 3.63) is 189 Å². The Labute approximate surface area is 358 Å². The molecule has 10 aromatic rings. The van der Waals surface area contributed by atoms with E-state index in [1.54, 1.807) is 6.08 Å². The van der Waals surface area contributed by atoms with Gasteiger partial charge in [-0.2, -0.15) is 10.5 Å². The molecule has 0 bridgehead atoms. The molecule has 2 unspecified atom stereocenters. The van der Waals surface area contributed by atoms with Crippen molar-refractivity contribution < 1.29 is 0 Å². The minimum atomic E-state index is -0.615. The first-order chi connectivity index (χ1) is 30.5. The van der Waals surface area contributed by atoms with Crippen LogP contribution < -0.4 is 0 Å². The van der Waals surface area contributed by atoms with Crippen LogP contribution in [0.3, 0.4) is 0 Å². The molecule has 2 atom stereocenters. The molecule has 294 valence electrons. The summed E-state index contributed by atoms with van der Waals surface area (Å²) in [6, 6.07) is 47.7. The third-order valence-corrected chi connectivity index (χ3v) is 12.7. The van der Waals surface area contributed by atoms with Crippen molar-refractivity contribution in [2.45, 2.75) is 19.9 Å². The highest BCUT2D eigenvalue weighted by Crippen LogP contribution is 2.46. The zero-order valence-electron chi connectivity index (χ0n) is 34.4. The van der Waals surface area contributed by atoms with Gasteiger partial charge in [0.2, 0.25) is 0 Å². The molecule has 0 aliphatic heterocycles. The van der Waals surface area contributed by atoms with E-state index in [4.69, 9.17) is 0 Å². The zero-order valence-corrected chi connectivity index (χ0v) is 34.4. The van der Waals surface area contributed by atoms with Crippen molar-refractivity contribution >= 4 is 104 Å². The van der Waals surface area contributed by atoms with Gasteiger partial charge in [-0.05, 0) is 92.8 Å². The summed E-state index contributed by atoms with van der Waals surface area (Å²) in [5.74, 6) is -0.615. The van der Waals surface area contributed by atoms with Crippen LogP contribution in [0.15, 0.2) is 189 Å². The predicted octanol–water partition coefficient (Wildman–Crippen LogP) is 14.5. The van der Waals surface area contributed by atoms with E-state index >= 15 is 0 Å². The number of nitrogens with zero attached hydrogens (tertiary/aromatic N) is 6. The van der Waals surface area contributed by atoms with Crippen LogP contribution in [-0.2, 0) is 0 Å². The van der Waals surface area contributed by atoms with E-state index in [1.165, 1.54) is 0 Å². The molecule has 6 aromatic carbocycles. The van der Waals surface area contributed by atoms with Gasteiger partial charge in [0, 0.05) is 60.0 Å². The molecule has 0 N–H and O–H groups in total. The van der Waals surface area contributed by atoms with Crippen LogP contribution in [0.4, 0.5) is 0 Å². The lowest BCUT2D eigenvalue weighted by Gasteiger charge is -2.27. The second-order valence-electron chi connectivity index (χ2n) is 15.9. The van der Waals surface area contributed by atoms with Crippen LogP contribution in [-0.4, -0.2) is 18.3 Å². The van der Waals surface area contributed by atoms with Crippen LogP contribution >= 0.6 is 0 Å². The van der Waals surface area contributed by atoms with Crippen molar-refractivity contribution in [1.82, 2.24) is 18.3 Å². The molecule has 6 heteroatoms. The number of nitriles is 2. The summed E-state index contributed by atoms with van der Waals surface area (Å²) in [5, 5.41) is 30.7. The SMILES string of the molecule is C=C/C=C(\C=C)n1c2ccccc2c2cc3c(cc21)c1ccccc1n3C1C=C(n2c3ccccc3c3cc4c(cc32)c2ccccc2n4C(/C=C\C)=C/C)C(C#N)=CC1C#N. The van der Waals surface area contributed by atoms with Crippen molar-refractivity contribution in [3.8, 4) is 12.1 Å². The van der Waals surface area contributed by atoms with Crippen molar-refractivity contribution in [2.24, 2.45) is 5.92 Å². The molecule has 4 heterocycles. The van der Waals surface area contributed by atoms with E-state index in [-0.39, 0.29) is 0 Å². The smallest absolute Gasteiger partial charge is 0.101 e. The van der Waals surface area contributed by atoms with Gasteiger partial charge in [-0.3, -0.25) is 0 Å². The van der Waals surface area contributed by atoms with E-state index in [0.29, 0.717) is 5.57 Å². The molecule has 1 aliphatic rings. The Balaban J connectivity index is 1.22. The number of aromatic nitrogens is 4. The van der Waals surface area contributed by atoms with Crippen molar-refractivity contribution in [2.75, 3.05) is 0 Å².